The Hall–Kier alpha value is -1.65. The second-order valence-electron chi connectivity index (χ2n) is 8.19. The molecule has 0 radical (unpaired) electrons. The molecule has 1 aliphatic heterocycles. The third-order valence-corrected chi connectivity index (χ3v) is 7.57. The van der Waals surface area contributed by atoms with Gasteiger partial charge in [0.05, 0.1) is 6.54 Å². The predicted molar refractivity (Wildman–Crippen MR) is 128 cm³/mol. The molecule has 3 rings (SSSR count). The number of amides is 1. The van der Waals surface area contributed by atoms with E-state index in [1.165, 1.54) is 11.3 Å². The molecule has 1 N–H and O–H groups in total. The van der Waals surface area contributed by atoms with Crippen LogP contribution < -0.4 is 5.32 Å². The van der Waals surface area contributed by atoms with Crippen molar-refractivity contribution in [2.75, 3.05) is 39.3 Å². The minimum atomic E-state index is -2.29. The summed E-state index contributed by atoms with van der Waals surface area (Å²) in [5, 5.41) is 5.87. The van der Waals surface area contributed by atoms with Crippen molar-refractivity contribution in [1.29, 1.82) is 0 Å². The lowest BCUT2D eigenvalue weighted by Gasteiger charge is -2.29. The highest BCUT2D eigenvalue weighted by Crippen LogP contribution is 2.27. The number of nitrogens with one attached hydrogen (secondary N) is 1. The Labute approximate surface area is 197 Å². The first-order chi connectivity index (χ1) is 15.5. The van der Waals surface area contributed by atoms with E-state index in [0.717, 1.165) is 68.1 Å². The Morgan fingerprint density at radius 1 is 1.38 bits per heavy atom. The van der Waals surface area contributed by atoms with Crippen LogP contribution in [0.25, 0.3) is 10.6 Å². The fourth-order valence-corrected chi connectivity index (χ4v) is 5.42. The highest BCUT2D eigenvalue weighted by molar-refractivity contribution is 7.79. The summed E-state index contributed by atoms with van der Waals surface area (Å²) in [5.74, 6) is 0.197. The number of likely N-dealkylation sites (N-methyl/N-ethyl adjacent to an activating group) is 1. The fourth-order valence-electron chi connectivity index (χ4n) is 4.20. The molecule has 7 nitrogen and oxygen atoms in total. The lowest BCUT2D eigenvalue weighted by Crippen LogP contribution is -2.37. The number of carbonyl (C=O) groups excluding carboxylic acids is 1. The minimum Gasteiger partial charge on any atom is -0.768 e. The van der Waals surface area contributed by atoms with Gasteiger partial charge in [0.1, 0.15) is 5.01 Å². The van der Waals surface area contributed by atoms with Gasteiger partial charge in [-0.25, -0.2) is 4.98 Å². The molecule has 2 heterocycles. The Kier molecular flexibility index (Phi) is 9.80. The van der Waals surface area contributed by atoms with E-state index in [1.807, 2.05) is 22.4 Å². The molecular formula is C23H33N4O3S2-. The monoisotopic (exact) mass is 477 g/mol. The highest BCUT2D eigenvalue weighted by atomic mass is 32.2. The van der Waals surface area contributed by atoms with Crippen molar-refractivity contribution < 1.29 is 13.6 Å². The van der Waals surface area contributed by atoms with Crippen molar-refractivity contribution >= 4 is 28.3 Å². The lowest BCUT2D eigenvalue weighted by atomic mass is 10.0. The molecule has 2 aromatic rings. The third-order valence-electron chi connectivity index (χ3n) is 6.00. The molecule has 2 atom stereocenters. The molecule has 1 aromatic heterocycles. The molecule has 9 heteroatoms. The first-order valence-electron chi connectivity index (χ1n) is 11.3. The number of hydrogen-bond donors (Lipinski definition) is 1. The summed E-state index contributed by atoms with van der Waals surface area (Å²) in [7, 11) is 0. The van der Waals surface area contributed by atoms with Gasteiger partial charge in [-0.05, 0) is 75.0 Å². The number of hydrogen-bond acceptors (Lipinski definition) is 7. The van der Waals surface area contributed by atoms with Crippen molar-refractivity contribution in [2.45, 2.75) is 50.5 Å². The average Bonchev–Trinajstić information content (AvgIpc) is 3.24. The number of benzene rings is 1. The number of unbranched alkanes of at least 4 members (excludes halogenated alkanes) is 1. The average molecular weight is 478 g/mol. The van der Waals surface area contributed by atoms with Crippen LogP contribution in [-0.2, 0) is 22.3 Å². The molecule has 1 aliphatic rings. The van der Waals surface area contributed by atoms with E-state index in [1.54, 1.807) is 12.3 Å². The highest BCUT2D eigenvalue weighted by Gasteiger charge is 2.18. The second-order valence-corrected chi connectivity index (χ2v) is 10.00. The number of thiazole rings is 1. The molecule has 0 saturated carbocycles. The first kappa shape index (κ1) is 25.0. The summed E-state index contributed by atoms with van der Waals surface area (Å²) in [6.45, 7) is 9.13. The zero-order chi connectivity index (χ0) is 22.9. The van der Waals surface area contributed by atoms with Crippen molar-refractivity contribution in [1.82, 2.24) is 20.1 Å². The summed E-state index contributed by atoms with van der Waals surface area (Å²) < 4.78 is 23.8. The van der Waals surface area contributed by atoms with Crippen LogP contribution in [0.15, 0.2) is 34.7 Å². The number of carbonyl (C=O) groups is 1. The topological polar surface area (TPSA) is 88.6 Å². The molecule has 0 spiro atoms. The predicted octanol–water partition coefficient (Wildman–Crippen LogP) is 2.90. The summed E-state index contributed by atoms with van der Waals surface area (Å²) in [5.41, 5.74) is 1.67. The maximum absolute atomic E-state index is 12.1. The summed E-state index contributed by atoms with van der Waals surface area (Å²) >= 11 is -0.794. The van der Waals surface area contributed by atoms with Crippen molar-refractivity contribution in [2.24, 2.45) is 0 Å². The van der Waals surface area contributed by atoms with E-state index in [2.05, 4.69) is 29.0 Å². The standard InChI is InChI=1S/C23H34N4O3S2/c1-3-26(11-4-5-12-27-13-6-9-24-17-22(27)28)18(2)15-19-7-8-20(16-21(19)32(29)30)23-25-10-14-31-23/h7-8,10,14,16,18,24H,3-6,9,11-13,15,17H2,1-2H3,(H,29,30)/p-1. The molecule has 0 aliphatic carbocycles. The maximum Gasteiger partial charge on any atom is 0.236 e. The maximum atomic E-state index is 12.1. The van der Waals surface area contributed by atoms with Gasteiger partial charge in [0, 0.05) is 41.2 Å². The Balaban J connectivity index is 1.55. The fraction of sp³-hybridized carbons (Fsp3) is 0.565. The SMILES string of the molecule is CCN(CCCCN1CCCNCC1=O)C(C)Cc1ccc(-c2nccs2)cc1S(=O)[O-]. The number of nitrogens with zero attached hydrogens (tertiary/aromatic N) is 3. The number of rotatable bonds is 11. The van der Waals surface area contributed by atoms with E-state index in [4.69, 9.17) is 0 Å². The summed E-state index contributed by atoms with van der Waals surface area (Å²) in [4.78, 5) is 21.1. The van der Waals surface area contributed by atoms with Gasteiger partial charge in [0.25, 0.3) is 0 Å². The Morgan fingerprint density at radius 3 is 2.94 bits per heavy atom. The van der Waals surface area contributed by atoms with Crippen LogP contribution in [0.3, 0.4) is 0 Å². The van der Waals surface area contributed by atoms with Gasteiger partial charge in [0.2, 0.25) is 5.91 Å². The van der Waals surface area contributed by atoms with Crippen LogP contribution in [0.1, 0.15) is 38.7 Å². The largest absolute Gasteiger partial charge is 0.768 e. The third kappa shape index (κ3) is 6.92. The Bertz CT molecular complexity index is 891. The summed E-state index contributed by atoms with van der Waals surface area (Å²) in [6, 6.07) is 5.83. The van der Waals surface area contributed by atoms with Crippen LogP contribution in [0.5, 0.6) is 0 Å². The van der Waals surface area contributed by atoms with Gasteiger partial charge in [-0.1, -0.05) is 19.1 Å². The van der Waals surface area contributed by atoms with Gasteiger partial charge in [-0.3, -0.25) is 9.00 Å². The minimum absolute atomic E-state index is 0.197. The van der Waals surface area contributed by atoms with Crippen LogP contribution in [0, 0.1) is 0 Å². The van der Waals surface area contributed by atoms with Gasteiger partial charge in [0.15, 0.2) is 0 Å². The van der Waals surface area contributed by atoms with Crippen LogP contribution in [0.2, 0.25) is 0 Å². The smallest absolute Gasteiger partial charge is 0.236 e. The van der Waals surface area contributed by atoms with Gasteiger partial charge in [-0.15, -0.1) is 11.3 Å². The molecule has 1 fully saturated rings. The van der Waals surface area contributed by atoms with E-state index in [0.29, 0.717) is 17.9 Å². The van der Waals surface area contributed by atoms with Gasteiger partial charge >= 0.3 is 0 Å². The Morgan fingerprint density at radius 2 is 2.22 bits per heavy atom. The quantitative estimate of drug-likeness (QED) is 0.395. The molecule has 32 heavy (non-hydrogen) atoms. The van der Waals surface area contributed by atoms with E-state index in [9.17, 15) is 13.6 Å². The number of aromatic nitrogens is 1. The van der Waals surface area contributed by atoms with E-state index >= 15 is 0 Å². The zero-order valence-electron chi connectivity index (χ0n) is 18.9. The van der Waals surface area contributed by atoms with Crippen molar-refractivity contribution in [3.8, 4) is 10.6 Å². The normalized spacial score (nSPS) is 16.9. The van der Waals surface area contributed by atoms with Crippen LogP contribution in [0.4, 0.5) is 0 Å². The van der Waals surface area contributed by atoms with Crippen LogP contribution >= 0.6 is 11.3 Å². The second kappa shape index (κ2) is 12.6. The molecule has 1 aromatic carbocycles. The molecular weight excluding hydrogens is 444 g/mol. The van der Waals surface area contributed by atoms with E-state index < -0.39 is 11.1 Å². The van der Waals surface area contributed by atoms with Crippen molar-refractivity contribution in [3.05, 3.63) is 35.3 Å². The van der Waals surface area contributed by atoms with E-state index in [-0.39, 0.29) is 11.9 Å². The van der Waals surface area contributed by atoms with Gasteiger partial charge < -0.3 is 19.7 Å². The zero-order valence-corrected chi connectivity index (χ0v) is 20.6. The lowest BCUT2D eigenvalue weighted by molar-refractivity contribution is -0.129. The van der Waals surface area contributed by atoms with Crippen LogP contribution in [-0.4, -0.2) is 74.8 Å². The molecule has 176 valence electrons. The first-order valence-corrected chi connectivity index (χ1v) is 13.3. The molecule has 2 unspecified atom stereocenters. The van der Waals surface area contributed by atoms with Gasteiger partial charge in [-0.2, -0.15) is 0 Å². The van der Waals surface area contributed by atoms with Crippen molar-refractivity contribution in [3.63, 3.8) is 0 Å². The molecule has 1 saturated heterocycles. The summed E-state index contributed by atoms with van der Waals surface area (Å²) in [6.07, 6.45) is 5.40. The molecule has 0 bridgehead atoms. The molecule has 1 amide bonds.